The van der Waals surface area contributed by atoms with Gasteiger partial charge in [-0.3, -0.25) is 9.69 Å². The van der Waals surface area contributed by atoms with Crippen molar-refractivity contribution in [1.29, 1.82) is 0 Å². The van der Waals surface area contributed by atoms with E-state index in [0.29, 0.717) is 30.4 Å². The van der Waals surface area contributed by atoms with E-state index in [0.717, 1.165) is 87.6 Å². The quantitative estimate of drug-likeness (QED) is 0.413. The van der Waals surface area contributed by atoms with Gasteiger partial charge in [-0.1, -0.05) is 12.8 Å². The summed E-state index contributed by atoms with van der Waals surface area (Å²) in [7, 11) is -3.94. The number of nitrogens with zero attached hydrogens (tertiary/aromatic N) is 4. The maximum absolute atomic E-state index is 13.9. The van der Waals surface area contributed by atoms with Crippen molar-refractivity contribution >= 4 is 27.0 Å². The fraction of sp³-hybridized carbons (Fsp3) is 0.581. The van der Waals surface area contributed by atoms with Crippen molar-refractivity contribution < 1.29 is 22.3 Å². The summed E-state index contributed by atoms with van der Waals surface area (Å²) in [5.74, 6) is -0.825. The van der Waals surface area contributed by atoms with E-state index in [1.165, 1.54) is 12.1 Å². The molecule has 1 saturated carbocycles. The van der Waals surface area contributed by atoms with Crippen molar-refractivity contribution in [3.63, 3.8) is 0 Å². The molecule has 2 N–H and O–H groups in total. The fourth-order valence-electron chi connectivity index (χ4n) is 7.17. The second-order valence-electron chi connectivity index (χ2n) is 12.4. The van der Waals surface area contributed by atoms with Crippen LogP contribution >= 0.6 is 0 Å². The molecular weight excluding hydrogens is 571 g/mol. The van der Waals surface area contributed by atoms with E-state index >= 15 is 0 Å². The van der Waals surface area contributed by atoms with Crippen LogP contribution in [0.3, 0.4) is 0 Å². The van der Waals surface area contributed by atoms with Gasteiger partial charge in [0, 0.05) is 30.0 Å². The highest BCUT2D eigenvalue weighted by atomic mass is 32.2. The number of hydrogen-bond acceptors (Lipinski definition) is 8. The van der Waals surface area contributed by atoms with Crippen molar-refractivity contribution in [2.45, 2.75) is 81.0 Å². The predicted octanol–water partition coefficient (Wildman–Crippen LogP) is 3.95. The topological polar surface area (TPSA) is 118 Å². The molecule has 1 amide bonds. The third kappa shape index (κ3) is 5.58. The fourth-order valence-corrected chi connectivity index (χ4v) is 8.38. The summed E-state index contributed by atoms with van der Waals surface area (Å²) in [4.78, 5) is 21.1. The summed E-state index contributed by atoms with van der Waals surface area (Å²) >= 11 is 0. The Hall–Kier alpha value is -2.93. The van der Waals surface area contributed by atoms with Gasteiger partial charge in [-0.2, -0.15) is 5.10 Å². The van der Waals surface area contributed by atoms with E-state index in [9.17, 15) is 17.6 Å². The van der Waals surface area contributed by atoms with Crippen molar-refractivity contribution in [3.8, 4) is 5.69 Å². The second kappa shape index (κ2) is 11.9. The molecule has 4 fully saturated rings. The van der Waals surface area contributed by atoms with E-state index in [1.54, 1.807) is 16.8 Å². The molecule has 7 rings (SSSR count). The van der Waals surface area contributed by atoms with E-state index < -0.39 is 21.2 Å². The summed E-state index contributed by atoms with van der Waals surface area (Å²) in [5.41, 5.74) is 3.15. The molecule has 230 valence electrons. The molecule has 43 heavy (non-hydrogen) atoms. The first-order chi connectivity index (χ1) is 20.9. The lowest BCUT2D eigenvalue weighted by Gasteiger charge is -2.43. The van der Waals surface area contributed by atoms with Gasteiger partial charge in [0.1, 0.15) is 16.8 Å². The number of piperidine rings is 2. The molecule has 0 bridgehead atoms. The molecule has 4 aliphatic rings. The minimum Gasteiger partial charge on any atom is -0.380 e. The number of carbonyl (C=O) groups excluding carboxylic acids is 1. The number of rotatable bonds is 7. The Morgan fingerprint density at radius 3 is 2.51 bits per heavy atom. The number of amides is 1. The molecule has 3 aromatic rings. The Morgan fingerprint density at radius 1 is 1.02 bits per heavy atom. The molecule has 1 aromatic carbocycles. The first kappa shape index (κ1) is 28.8. The highest BCUT2D eigenvalue weighted by Crippen LogP contribution is 2.44. The molecular formula is C31H39FN6O4S. The van der Waals surface area contributed by atoms with Crippen molar-refractivity contribution in [1.82, 2.24) is 29.7 Å². The standard InChI is InChI=1S/C31H39FN6O4S/c32-21-7-9-23(10-8-21)38-30-28(29(35-38)20-4-3-5-20)25(27-6-1-2-16-37(27)22-11-14-33-15-12-22)18-26(34-30)31(39)36-43(40,41)24-13-17-42-19-24/h7-10,18,20,22,24,27,33H,1-6,11-17,19H2,(H,36,39). The van der Waals surface area contributed by atoms with Gasteiger partial charge in [0.15, 0.2) is 5.65 Å². The average molecular weight is 611 g/mol. The van der Waals surface area contributed by atoms with Crippen LogP contribution in [-0.2, 0) is 14.8 Å². The highest BCUT2D eigenvalue weighted by molar-refractivity contribution is 7.90. The van der Waals surface area contributed by atoms with Crippen molar-refractivity contribution in [2.75, 3.05) is 32.8 Å². The number of ether oxygens (including phenoxy) is 1. The monoisotopic (exact) mass is 610 g/mol. The normalized spacial score (nSPS) is 24.3. The number of hydrogen-bond donors (Lipinski definition) is 2. The lowest BCUT2D eigenvalue weighted by atomic mass is 9.80. The Morgan fingerprint density at radius 2 is 1.81 bits per heavy atom. The molecule has 3 saturated heterocycles. The Labute approximate surface area is 251 Å². The summed E-state index contributed by atoms with van der Waals surface area (Å²) in [5, 5.41) is 8.73. The van der Waals surface area contributed by atoms with Crippen LogP contribution in [0.4, 0.5) is 4.39 Å². The number of sulfonamides is 1. The van der Waals surface area contributed by atoms with Gasteiger partial charge in [-0.15, -0.1) is 0 Å². The minimum atomic E-state index is -3.94. The highest BCUT2D eigenvalue weighted by Gasteiger charge is 2.37. The maximum Gasteiger partial charge on any atom is 0.283 e. The Bertz CT molecular complexity index is 1590. The van der Waals surface area contributed by atoms with Crippen LogP contribution in [0, 0.1) is 5.82 Å². The average Bonchev–Trinajstić information content (AvgIpc) is 3.67. The van der Waals surface area contributed by atoms with Gasteiger partial charge in [-0.05, 0) is 100 Å². The number of pyridine rings is 1. The Kier molecular flexibility index (Phi) is 7.95. The van der Waals surface area contributed by atoms with Crippen LogP contribution in [0.15, 0.2) is 30.3 Å². The van der Waals surface area contributed by atoms with E-state index in [4.69, 9.17) is 14.8 Å². The van der Waals surface area contributed by atoms with Crippen LogP contribution in [-0.4, -0.2) is 78.1 Å². The van der Waals surface area contributed by atoms with Gasteiger partial charge in [0.25, 0.3) is 5.91 Å². The van der Waals surface area contributed by atoms with Crippen LogP contribution in [0.5, 0.6) is 0 Å². The molecule has 2 atom stereocenters. The maximum atomic E-state index is 13.9. The van der Waals surface area contributed by atoms with Crippen LogP contribution < -0.4 is 10.0 Å². The van der Waals surface area contributed by atoms with Gasteiger partial charge >= 0.3 is 0 Å². The molecule has 2 aromatic heterocycles. The number of carbonyl (C=O) groups is 1. The van der Waals surface area contributed by atoms with Crippen LogP contribution in [0.25, 0.3) is 16.7 Å². The van der Waals surface area contributed by atoms with Gasteiger partial charge in [-0.25, -0.2) is 27.2 Å². The summed E-state index contributed by atoms with van der Waals surface area (Å²) in [6.45, 7) is 3.35. The molecule has 0 radical (unpaired) electrons. The van der Waals surface area contributed by atoms with Crippen LogP contribution in [0.2, 0.25) is 0 Å². The molecule has 10 nitrogen and oxygen atoms in total. The first-order valence-corrected chi connectivity index (χ1v) is 17.2. The van der Waals surface area contributed by atoms with Crippen molar-refractivity contribution in [3.05, 3.63) is 53.1 Å². The minimum absolute atomic E-state index is 0.0456. The number of likely N-dealkylation sites (tertiary alicyclic amines) is 1. The van der Waals surface area contributed by atoms with Gasteiger partial charge < -0.3 is 10.1 Å². The molecule has 0 spiro atoms. The molecule has 5 heterocycles. The third-order valence-corrected chi connectivity index (χ3v) is 11.5. The third-order valence-electron chi connectivity index (χ3n) is 9.73. The number of nitrogens with one attached hydrogen (secondary N) is 2. The van der Waals surface area contributed by atoms with E-state index in [-0.39, 0.29) is 30.1 Å². The SMILES string of the molecule is O=C(NS(=O)(=O)C1CCOC1)c1cc(C2CCCCN2C2CCNCC2)c2c(C3CCC3)nn(-c3ccc(F)cc3)c2n1. The molecule has 12 heteroatoms. The number of halogens is 1. The summed E-state index contributed by atoms with van der Waals surface area (Å²) < 4.78 is 49.4. The number of aromatic nitrogens is 3. The lowest BCUT2D eigenvalue weighted by Crippen LogP contribution is -2.46. The zero-order chi connectivity index (χ0) is 29.6. The first-order valence-electron chi connectivity index (χ1n) is 15.7. The lowest BCUT2D eigenvalue weighted by molar-refractivity contribution is 0.0765. The molecule has 1 aliphatic carbocycles. The predicted molar refractivity (Wildman–Crippen MR) is 160 cm³/mol. The zero-order valence-electron chi connectivity index (χ0n) is 24.3. The zero-order valence-corrected chi connectivity index (χ0v) is 25.1. The van der Waals surface area contributed by atoms with Crippen LogP contribution in [0.1, 0.15) is 91.5 Å². The summed E-state index contributed by atoms with van der Waals surface area (Å²) in [6, 6.07) is 8.40. The number of fused-ring (bicyclic) bond motifs is 1. The van der Waals surface area contributed by atoms with E-state index in [2.05, 4.69) is 14.9 Å². The Balaban J connectivity index is 1.39. The van der Waals surface area contributed by atoms with Crippen molar-refractivity contribution in [2.24, 2.45) is 0 Å². The van der Waals surface area contributed by atoms with Gasteiger partial charge in [0.2, 0.25) is 10.0 Å². The van der Waals surface area contributed by atoms with Gasteiger partial charge in [0.05, 0.1) is 18.0 Å². The molecule has 2 unspecified atom stereocenters. The van der Waals surface area contributed by atoms with E-state index in [1.807, 2.05) is 6.07 Å². The molecule has 3 aliphatic heterocycles. The summed E-state index contributed by atoms with van der Waals surface area (Å²) in [6.07, 6.45) is 8.78. The number of benzene rings is 1. The largest absolute Gasteiger partial charge is 0.380 e. The smallest absolute Gasteiger partial charge is 0.283 e. The second-order valence-corrected chi connectivity index (χ2v) is 14.3.